The van der Waals surface area contributed by atoms with Crippen molar-refractivity contribution in [2.45, 2.75) is 6.18 Å². The lowest BCUT2D eigenvalue weighted by Crippen LogP contribution is -2.13. The van der Waals surface area contributed by atoms with E-state index in [4.69, 9.17) is 5.26 Å². The number of fused-ring (bicyclic) bond motifs is 5. The Morgan fingerprint density at radius 1 is 0.935 bits per heavy atom. The lowest BCUT2D eigenvalue weighted by atomic mass is 10.0. The predicted molar refractivity (Wildman–Crippen MR) is 103 cm³/mol. The highest BCUT2D eigenvalue weighted by atomic mass is 19.4. The SMILES string of the molecule is N#Cc1ccc(Nc2ccc3ncc4c(c3c2)-c2cnc(C(F)(F)F)nc2C4=O)cn1. The number of carbonyl (C=O) groups is 1. The van der Waals surface area contributed by atoms with Crippen LogP contribution in [0.3, 0.4) is 0 Å². The number of nitrogens with zero attached hydrogens (tertiary/aromatic N) is 5. The van der Waals surface area contributed by atoms with Gasteiger partial charge in [0.2, 0.25) is 11.6 Å². The monoisotopic (exact) mass is 418 g/mol. The molecule has 0 saturated heterocycles. The molecule has 0 fully saturated rings. The summed E-state index contributed by atoms with van der Waals surface area (Å²) < 4.78 is 39.0. The van der Waals surface area contributed by atoms with Crippen LogP contribution in [0.2, 0.25) is 0 Å². The molecule has 0 atom stereocenters. The number of benzene rings is 1. The molecule has 0 spiro atoms. The maximum absolute atomic E-state index is 13.0. The van der Waals surface area contributed by atoms with Gasteiger partial charge in [-0.2, -0.15) is 18.4 Å². The first-order chi connectivity index (χ1) is 14.8. The quantitative estimate of drug-likeness (QED) is 0.457. The van der Waals surface area contributed by atoms with Gasteiger partial charge in [0.25, 0.3) is 0 Å². The second kappa shape index (κ2) is 6.56. The zero-order valence-corrected chi connectivity index (χ0v) is 15.4. The summed E-state index contributed by atoms with van der Waals surface area (Å²) in [6.07, 6.45) is -0.885. The average Bonchev–Trinajstić information content (AvgIpc) is 3.06. The predicted octanol–water partition coefficient (Wildman–Crippen LogP) is 4.27. The van der Waals surface area contributed by atoms with Crippen LogP contribution in [0, 0.1) is 11.3 Å². The Labute approximate surface area is 172 Å². The minimum Gasteiger partial charge on any atom is -0.354 e. The van der Waals surface area contributed by atoms with Crippen LogP contribution in [-0.2, 0) is 6.18 Å². The summed E-state index contributed by atoms with van der Waals surface area (Å²) in [5.74, 6) is -1.98. The van der Waals surface area contributed by atoms with Gasteiger partial charge in [-0.3, -0.25) is 9.78 Å². The number of rotatable bonds is 2. The number of nitrogens with one attached hydrogen (secondary N) is 1. The summed E-state index contributed by atoms with van der Waals surface area (Å²) in [4.78, 5) is 27.8. The van der Waals surface area contributed by atoms with Crippen LogP contribution >= 0.6 is 0 Å². The van der Waals surface area contributed by atoms with Gasteiger partial charge in [0.05, 0.1) is 23.0 Å². The molecule has 150 valence electrons. The number of ketones is 1. The zero-order valence-electron chi connectivity index (χ0n) is 15.4. The first kappa shape index (κ1) is 18.6. The third-order valence-corrected chi connectivity index (χ3v) is 4.81. The molecular weight excluding hydrogens is 409 g/mol. The normalized spacial score (nSPS) is 12.4. The van der Waals surface area contributed by atoms with Crippen LogP contribution in [0.4, 0.5) is 24.5 Å². The number of alkyl halides is 3. The van der Waals surface area contributed by atoms with Gasteiger partial charge in [-0.25, -0.2) is 15.0 Å². The van der Waals surface area contributed by atoms with Crippen LogP contribution in [0.1, 0.15) is 27.6 Å². The first-order valence-electron chi connectivity index (χ1n) is 8.90. The van der Waals surface area contributed by atoms with E-state index in [1.54, 1.807) is 30.3 Å². The van der Waals surface area contributed by atoms with E-state index in [0.29, 0.717) is 27.8 Å². The average molecular weight is 418 g/mol. The Morgan fingerprint density at radius 3 is 2.42 bits per heavy atom. The summed E-state index contributed by atoms with van der Waals surface area (Å²) in [5, 5.41) is 12.6. The molecule has 1 aromatic carbocycles. The van der Waals surface area contributed by atoms with Crippen molar-refractivity contribution in [3.05, 3.63) is 71.7 Å². The van der Waals surface area contributed by atoms with E-state index >= 15 is 0 Å². The highest BCUT2D eigenvalue weighted by molar-refractivity contribution is 6.24. The van der Waals surface area contributed by atoms with Gasteiger partial charge in [0.15, 0.2) is 0 Å². The largest absolute Gasteiger partial charge is 0.451 e. The lowest BCUT2D eigenvalue weighted by Gasteiger charge is -2.10. The summed E-state index contributed by atoms with van der Waals surface area (Å²) in [6, 6.07) is 10.4. The Kier molecular flexibility index (Phi) is 3.94. The third kappa shape index (κ3) is 3.03. The summed E-state index contributed by atoms with van der Waals surface area (Å²) >= 11 is 0. The summed E-state index contributed by atoms with van der Waals surface area (Å²) in [5.41, 5.74) is 2.67. The van der Waals surface area contributed by atoms with Crippen LogP contribution in [0.15, 0.2) is 48.9 Å². The zero-order chi connectivity index (χ0) is 21.8. The topological polar surface area (TPSA) is 104 Å². The Bertz CT molecular complexity index is 1420. The maximum atomic E-state index is 13.0. The molecule has 10 heteroatoms. The van der Waals surface area contributed by atoms with Crippen molar-refractivity contribution >= 4 is 28.1 Å². The molecule has 1 aliphatic rings. The summed E-state index contributed by atoms with van der Waals surface area (Å²) in [7, 11) is 0. The van der Waals surface area contributed by atoms with Crippen LogP contribution in [-0.4, -0.2) is 25.7 Å². The van der Waals surface area contributed by atoms with E-state index in [-0.39, 0.29) is 22.5 Å². The van der Waals surface area contributed by atoms with Gasteiger partial charge in [-0.15, -0.1) is 0 Å². The lowest BCUT2D eigenvalue weighted by molar-refractivity contribution is -0.145. The van der Waals surface area contributed by atoms with E-state index in [2.05, 4.69) is 25.3 Å². The van der Waals surface area contributed by atoms with Gasteiger partial charge < -0.3 is 5.32 Å². The standard InChI is InChI=1S/C21H9F3N6O/c22-21(23,24)20-28-8-14-17-13-5-10(29-12-2-1-11(6-25)26-7-12)3-4-16(13)27-9-15(17)19(31)18(14)30-20/h1-5,7-9,29H. The van der Waals surface area contributed by atoms with Gasteiger partial charge in [-0.05, 0) is 30.3 Å². The molecule has 0 saturated carbocycles. The molecule has 0 radical (unpaired) electrons. The van der Waals surface area contributed by atoms with E-state index in [1.165, 1.54) is 12.4 Å². The third-order valence-electron chi connectivity index (χ3n) is 4.81. The van der Waals surface area contributed by atoms with Crippen molar-refractivity contribution in [2.75, 3.05) is 5.32 Å². The number of halogens is 3. The van der Waals surface area contributed by atoms with Gasteiger partial charge in [0.1, 0.15) is 17.5 Å². The maximum Gasteiger partial charge on any atom is 0.451 e. The van der Waals surface area contributed by atoms with Gasteiger partial charge >= 0.3 is 6.18 Å². The van der Waals surface area contributed by atoms with E-state index < -0.39 is 17.8 Å². The molecule has 0 bridgehead atoms. The molecular formula is C21H9F3N6O. The fourth-order valence-corrected chi connectivity index (χ4v) is 3.44. The van der Waals surface area contributed by atoms with Crippen molar-refractivity contribution < 1.29 is 18.0 Å². The minimum absolute atomic E-state index is 0.174. The van der Waals surface area contributed by atoms with E-state index in [0.717, 1.165) is 6.20 Å². The molecule has 0 unspecified atom stereocenters. The number of anilines is 2. The second-order valence-electron chi connectivity index (χ2n) is 6.73. The Balaban J connectivity index is 1.62. The highest BCUT2D eigenvalue weighted by Gasteiger charge is 2.38. The smallest absolute Gasteiger partial charge is 0.354 e. The van der Waals surface area contributed by atoms with Crippen molar-refractivity contribution in [3.8, 4) is 17.2 Å². The van der Waals surface area contributed by atoms with Crippen molar-refractivity contribution in [1.29, 1.82) is 5.26 Å². The highest BCUT2D eigenvalue weighted by Crippen LogP contribution is 2.41. The fourth-order valence-electron chi connectivity index (χ4n) is 3.44. The first-order valence-corrected chi connectivity index (χ1v) is 8.90. The fraction of sp³-hybridized carbons (Fsp3) is 0.0476. The van der Waals surface area contributed by atoms with E-state index in [1.807, 2.05) is 6.07 Å². The minimum atomic E-state index is -4.75. The number of nitriles is 1. The molecule has 7 nitrogen and oxygen atoms in total. The molecule has 0 aliphatic heterocycles. The van der Waals surface area contributed by atoms with Crippen molar-refractivity contribution in [1.82, 2.24) is 19.9 Å². The van der Waals surface area contributed by atoms with Crippen LogP contribution in [0.5, 0.6) is 0 Å². The Hall–Kier alpha value is -4.39. The molecule has 4 aromatic rings. The molecule has 1 N–H and O–H groups in total. The second-order valence-corrected chi connectivity index (χ2v) is 6.73. The van der Waals surface area contributed by atoms with Crippen LogP contribution < -0.4 is 5.32 Å². The van der Waals surface area contributed by atoms with E-state index in [9.17, 15) is 18.0 Å². The van der Waals surface area contributed by atoms with Crippen LogP contribution in [0.25, 0.3) is 22.0 Å². The van der Waals surface area contributed by atoms with Crippen molar-refractivity contribution in [3.63, 3.8) is 0 Å². The number of carbonyl (C=O) groups excluding carboxylic acids is 1. The van der Waals surface area contributed by atoms with Gasteiger partial charge in [0, 0.05) is 34.6 Å². The molecule has 3 aromatic heterocycles. The molecule has 1 aliphatic carbocycles. The molecule has 3 heterocycles. The number of aromatic nitrogens is 4. The van der Waals surface area contributed by atoms with Gasteiger partial charge in [-0.1, -0.05) is 0 Å². The molecule has 31 heavy (non-hydrogen) atoms. The molecule has 0 amide bonds. The molecule has 5 rings (SSSR count). The number of hydrogen-bond acceptors (Lipinski definition) is 7. The number of pyridine rings is 2. The summed E-state index contributed by atoms with van der Waals surface area (Å²) in [6.45, 7) is 0. The number of hydrogen-bond donors (Lipinski definition) is 1. The Morgan fingerprint density at radius 2 is 1.71 bits per heavy atom. The van der Waals surface area contributed by atoms with Crippen molar-refractivity contribution in [2.24, 2.45) is 0 Å².